The van der Waals surface area contributed by atoms with E-state index in [1.807, 2.05) is 20.8 Å². The van der Waals surface area contributed by atoms with Crippen molar-refractivity contribution in [2.75, 3.05) is 6.54 Å². The molecule has 0 fully saturated rings. The molecule has 0 aromatic rings. The highest BCUT2D eigenvalue weighted by Crippen LogP contribution is 2.07. The smallest absolute Gasteiger partial charge is 0.315 e. The van der Waals surface area contributed by atoms with Gasteiger partial charge in [-0.2, -0.15) is 0 Å². The van der Waals surface area contributed by atoms with Crippen LogP contribution in [0.1, 0.15) is 47.5 Å². The quantitative estimate of drug-likeness (QED) is 0.580. The number of carboxylic acids is 1. The van der Waals surface area contributed by atoms with E-state index in [1.165, 1.54) is 0 Å². The van der Waals surface area contributed by atoms with Gasteiger partial charge in [0, 0.05) is 24.0 Å². The van der Waals surface area contributed by atoms with Crippen LogP contribution in [0.3, 0.4) is 0 Å². The van der Waals surface area contributed by atoms with Crippen molar-refractivity contribution >= 4 is 17.9 Å². The normalized spacial score (nSPS) is 11.7. The van der Waals surface area contributed by atoms with Gasteiger partial charge in [-0.25, -0.2) is 4.79 Å². The molecule has 0 bridgehead atoms. The van der Waals surface area contributed by atoms with Crippen LogP contribution in [-0.4, -0.2) is 40.6 Å². The molecule has 0 heterocycles. The molecule has 0 aliphatic rings. The monoisotopic (exact) mass is 287 g/mol. The van der Waals surface area contributed by atoms with Gasteiger partial charge in [0.2, 0.25) is 5.91 Å². The predicted molar refractivity (Wildman–Crippen MR) is 75.4 cm³/mol. The van der Waals surface area contributed by atoms with Crippen molar-refractivity contribution in [2.45, 2.75) is 58.5 Å². The van der Waals surface area contributed by atoms with Crippen molar-refractivity contribution in [1.29, 1.82) is 0 Å². The van der Waals surface area contributed by atoms with Crippen LogP contribution in [0.5, 0.6) is 0 Å². The first-order valence-electron chi connectivity index (χ1n) is 6.50. The summed E-state index contributed by atoms with van der Waals surface area (Å²) in [5.41, 5.74) is -1.15. The third-order valence-electron chi connectivity index (χ3n) is 2.20. The van der Waals surface area contributed by atoms with E-state index >= 15 is 0 Å². The third kappa shape index (κ3) is 10.2. The maximum Gasteiger partial charge on any atom is 0.315 e. The summed E-state index contributed by atoms with van der Waals surface area (Å²) >= 11 is 0. The number of amides is 3. The topological polar surface area (TPSA) is 108 Å². The molecular formula is C13H25N3O4. The van der Waals surface area contributed by atoms with Crippen molar-refractivity contribution in [3.8, 4) is 0 Å². The summed E-state index contributed by atoms with van der Waals surface area (Å²) in [7, 11) is 0. The van der Waals surface area contributed by atoms with Crippen LogP contribution in [0, 0.1) is 0 Å². The number of rotatable bonds is 6. The lowest BCUT2D eigenvalue weighted by Gasteiger charge is -2.24. The Balaban J connectivity index is 4.01. The Bertz CT molecular complexity index is 372. The second-order valence-corrected chi connectivity index (χ2v) is 6.38. The Hall–Kier alpha value is -1.79. The summed E-state index contributed by atoms with van der Waals surface area (Å²) in [6, 6.07) is -0.486. The van der Waals surface area contributed by atoms with Crippen molar-refractivity contribution in [1.82, 2.24) is 16.0 Å². The molecule has 0 aromatic carbocycles. The van der Waals surface area contributed by atoms with E-state index in [2.05, 4.69) is 16.0 Å². The number of hydrogen-bond donors (Lipinski definition) is 4. The van der Waals surface area contributed by atoms with Gasteiger partial charge in [0.25, 0.3) is 0 Å². The van der Waals surface area contributed by atoms with Gasteiger partial charge in [-0.1, -0.05) is 0 Å². The number of urea groups is 1. The number of carbonyl (C=O) groups is 3. The fourth-order valence-electron chi connectivity index (χ4n) is 1.54. The number of aliphatic carboxylic acids is 1. The lowest BCUT2D eigenvalue weighted by atomic mass is 10.0. The van der Waals surface area contributed by atoms with Gasteiger partial charge in [0.15, 0.2) is 0 Å². The molecule has 0 rings (SSSR count). The second kappa shape index (κ2) is 7.12. The molecule has 0 aliphatic carbocycles. The molecule has 7 nitrogen and oxygen atoms in total. The zero-order valence-electron chi connectivity index (χ0n) is 12.8. The summed E-state index contributed by atoms with van der Waals surface area (Å²) in [6.45, 7) is 9.05. The first-order valence-corrected chi connectivity index (χ1v) is 6.50. The predicted octanol–water partition coefficient (Wildman–Crippen LogP) is 0.844. The Kier molecular flexibility index (Phi) is 6.48. The Morgan fingerprint density at radius 3 is 2.00 bits per heavy atom. The number of hydrogen-bond acceptors (Lipinski definition) is 3. The number of nitrogens with one attached hydrogen (secondary N) is 3. The van der Waals surface area contributed by atoms with Gasteiger partial charge in [0.05, 0.1) is 6.42 Å². The van der Waals surface area contributed by atoms with Gasteiger partial charge in [-0.3, -0.25) is 9.59 Å². The molecule has 116 valence electrons. The lowest BCUT2D eigenvalue weighted by molar-refractivity contribution is -0.138. The van der Waals surface area contributed by atoms with E-state index in [-0.39, 0.29) is 30.8 Å². The standard InChI is InChI=1S/C13H25N3O4/c1-12(2,3)15-9(17)6-7-14-11(20)16-13(4,5)8-10(18)19/h6-8H2,1-5H3,(H,15,17)(H,18,19)(H2,14,16,20). The molecule has 0 aliphatic heterocycles. The average Bonchev–Trinajstić information content (AvgIpc) is 2.10. The largest absolute Gasteiger partial charge is 0.481 e. The van der Waals surface area contributed by atoms with E-state index in [1.54, 1.807) is 13.8 Å². The van der Waals surface area contributed by atoms with Crippen LogP contribution in [0.15, 0.2) is 0 Å². The number of carbonyl (C=O) groups excluding carboxylic acids is 2. The Morgan fingerprint density at radius 2 is 1.55 bits per heavy atom. The highest BCUT2D eigenvalue weighted by Gasteiger charge is 2.23. The average molecular weight is 287 g/mol. The van der Waals surface area contributed by atoms with Crippen LogP contribution in [0.4, 0.5) is 4.79 Å². The van der Waals surface area contributed by atoms with E-state index in [4.69, 9.17) is 5.11 Å². The van der Waals surface area contributed by atoms with Crippen molar-refractivity contribution in [3.05, 3.63) is 0 Å². The van der Waals surface area contributed by atoms with E-state index in [0.29, 0.717) is 0 Å². The van der Waals surface area contributed by atoms with Gasteiger partial charge < -0.3 is 21.1 Å². The number of carboxylic acid groups (broad SMARTS) is 1. The summed E-state index contributed by atoms with van der Waals surface area (Å²) in [5, 5.41) is 16.5. The zero-order valence-corrected chi connectivity index (χ0v) is 12.8. The lowest BCUT2D eigenvalue weighted by Crippen LogP contribution is -2.50. The summed E-state index contributed by atoms with van der Waals surface area (Å²) in [5.74, 6) is -1.14. The van der Waals surface area contributed by atoms with Gasteiger partial charge >= 0.3 is 12.0 Å². The minimum absolute atomic E-state index is 0.150. The molecule has 20 heavy (non-hydrogen) atoms. The van der Waals surface area contributed by atoms with Crippen LogP contribution < -0.4 is 16.0 Å². The summed E-state index contributed by atoms with van der Waals surface area (Å²) in [6.07, 6.45) is -0.00498. The minimum atomic E-state index is -0.986. The Labute approximate surface area is 119 Å². The fourth-order valence-corrected chi connectivity index (χ4v) is 1.54. The van der Waals surface area contributed by atoms with Crippen LogP contribution >= 0.6 is 0 Å². The van der Waals surface area contributed by atoms with Gasteiger partial charge in [-0.15, -0.1) is 0 Å². The van der Waals surface area contributed by atoms with Gasteiger partial charge in [-0.05, 0) is 34.6 Å². The summed E-state index contributed by atoms with van der Waals surface area (Å²) in [4.78, 5) is 33.7. The SMILES string of the molecule is CC(C)(C)NC(=O)CCNC(=O)NC(C)(C)CC(=O)O. The van der Waals surface area contributed by atoms with Crippen molar-refractivity contribution < 1.29 is 19.5 Å². The molecule has 0 unspecified atom stereocenters. The Morgan fingerprint density at radius 1 is 1.00 bits per heavy atom. The molecule has 0 spiro atoms. The van der Waals surface area contributed by atoms with Crippen LogP contribution in [-0.2, 0) is 9.59 Å². The molecule has 0 saturated carbocycles. The van der Waals surface area contributed by atoms with Gasteiger partial charge in [0.1, 0.15) is 0 Å². The van der Waals surface area contributed by atoms with Crippen molar-refractivity contribution in [2.24, 2.45) is 0 Å². The molecule has 3 amide bonds. The van der Waals surface area contributed by atoms with Crippen LogP contribution in [0.25, 0.3) is 0 Å². The molecular weight excluding hydrogens is 262 g/mol. The maximum absolute atomic E-state index is 11.6. The highest BCUT2D eigenvalue weighted by molar-refractivity contribution is 5.79. The molecule has 0 atom stereocenters. The maximum atomic E-state index is 11.6. The van der Waals surface area contributed by atoms with E-state index < -0.39 is 17.5 Å². The van der Waals surface area contributed by atoms with Crippen molar-refractivity contribution in [3.63, 3.8) is 0 Å². The summed E-state index contributed by atoms with van der Waals surface area (Å²) < 4.78 is 0. The molecule has 0 saturated heterocycles. The molecule has 4 N–H and O–H groups in total. The minimum Gasteiger partial charge on any atom is -0.481 e. The highest BCUT2D eigenvalue weighted by atomic mass is 16.4. The fraction of sp³-hybridized carbons (Fsp3) is 0.769. The zero-order chi connectivity index (χ0) is 16.0. The van der Waals surface area contributed by atoms with E-state index in [9.17, 15) is 14.4 Å². The van der Waals surface area contributed by atoms with Crippen LogP contribution in [0.2, 0.25) is 0 Å². The third-order valence-corrected chi connectivity index (χ3v) is 2.20. The first-order chi connectivity index (χ1) is 8.91. The second-order valence-electron chi connectivity index (χ2n) is 6.38. The molecule has 7 heteroatoms. The molecule has 0 radical (unpaired) electrons. The van der Waals surface area contributed by atoms with E-state index in [0.717, 1.165) is 0 Å². The first kappa shape index (κ1) is 18.2. The molecule has 0 aromatic heterocycles.